The number of azo groups is 1. The van der Waals surface area contributed by atoms with Gasteiger partial charge in [-0.15, -0.1) is 0 Å². The summed E-state index contributed by atoms with van der Waals surface area (Å²) in [5.41, 5.74) is 2.32. The minimum Gasteiger partial charge on any atom is -0.505 e. The van der Waals surface area contributed by atoms with Gasteiger partial charge in [0, 0.05) is 42.5 Å². The fraction of sp³-hybridized carbons (Fsp3) is 0.239. The van der Waals surface area contributed by atoms with Gasteiger partial charge in [-0.25, -0.2) is 9.37 Å². The molecule has 0 bridgehead atoms. The Morgan fingerprint density at radius 1 is 0.859 bits per heavy atom. The number of para-hydroxylation sites is 1. The lowest BCUT2D eigenvalue weighted by atomic mass is 9.49. The molecular weight excluding hydrogens is 877 g/mol. The number of hydrogen-bond acceptors (Lipinski definition) is 10. The molecule has 0 radical (unpaired) electrons. The number of hydrazine groups is 1. The van der Waals surface area contributed by atoms with Crippen LogP contribution >= 0.6 is 23.2 Å². The molecule has 4 aliphatic rings. The van der Waals surface area contributed by atoms with Gasteiger partial charge in [-0.1, -0.05) is 59.1 Å². The normalized spacial score (nSPS) is 24.2. The van der Waals surface area contributed by atoms with E-state index in [9.17, 15) is 32.7 Å². The van der Waals surface area contributed by atoms with E-state index in [0.29, 0.717) is 34.2 Å². The third kappa shape index (κ3) is 6.86. The third-order valence-corrected chi connectivity index (χ3v) is 13.2. The number of nitrogens with zero attached hydrogens (tertiary/aromatic N) is 6. The van der Waals surface area contributed by atoms with Gasteiger partial charge in [-0.2, -0.15) is 28.4 Å². The summed E-state index contributed by atoms with van der Waals surface area (Å²) in [7, 11) is 3.85. The van der Waals surface area contributed by atoms with Gasteiger partial charge in [-0.3, -0.25) is 29.5 Å². The first kappa shape index (κ1) is 42.6. The van der Waals surface area contributed by atoms with Crippen molar-refractivity contribution in [2.45, 2.75) is 30.4 Å². The number of aromatic nitrogens is 1. The van der Waals surface area contributed by atoms with E-state index < -0.39 is 92.8 Å². The zero-order valence-corrected chi connectivity index (χ0v) is 35.2. The first-order valence-electron chi connectivity index (χ1n) is 20.0. The zero-order valence-electron chi connectivity index (χ0n) is 33.7. The van der Waals surface area contributed by atoms with E-state index in [4.69, 9.17) is 23.2 Å². The first-order valence-corrected chi connectivity index (χ1v) is 20.7. The van der Waals surface area contributed by atoms with Crippen LogP contribution in [-0.2, 0) is 30.8 Å². The van der Waals surface area contributed by atoms with Crippen molar-refractivity contribution >= 4 is 75.4 Å². The van der Waals surface area contributed by atoms with Gasteiger partial charge in [0.2, 0.25) is 11.8 Å². The Bertz CT molecular complexity index is 2810. The van der Waals surface area contributed by atoms with Crippen LogP contribution in [-0.4, -0.2) is 52.8 Å². The molecule has 64 heavy (non-hydrogen) atoms. The van der Waals surface area contributed by atoms with Crippen LogP contribution < -0.4 is 15.2 Å². The molecule has 4 aromatic carbocycles. The molecule has 326 valence electrons. The van der Waals surface area contributed by atoms with Crippen LogP contribution in [0.25, 0.3) is 0 Å². The van der Waals surface area contributed by atoms with Gasteiger partial charge in [0.25, 0.3) is 11.8 Å². The highest BCUT2D eigenvalue weighted by Gasteiger charge is 2.71. The number of pyridine rings is 1. The maximum absolute atomic E-state index is 15.5. The first-order chi connectivity index (χ1) is 30.5. The molecule has 9 rings (SSSR count). The number of halogens is 6. The molecule has 3 heterocycles. The molecule has 2 N–H and O–H groups in total. The third-order valence-electron chi connectivity index (χ3n) is 12.6. The summed E-state index contributed by atoms with van der Waals surface area (Å²) in [5, 5.41) is 20.4. The van der Waals surface area contributed by atoms with Crippen LogP contribution in [0.1, 0.15) is 35.4 Å². The second-order valence-electron chi connectivity index (χ2n) is 16.2. The molecule has 1 saturated carbocycles. The summed E-state index contributed by atoms with van der Waals surface area (Å²) in [6.07, 6.45) is -2.74. The van der Waals surface area contributed by atoms with Crippen LogP contribution in [0, 0.1) is 29.5 Å². The summed E-state index contributed by atoms with van der Waals surface area (Å²) in [4.78, 5) is 66.1. The number of hydrogen-bond donors (Lipinski definition) is 2. The van der Waals surface area contributed by atoms with Crippen molar-refractivity contribution in [2.24, 2.45) is 33.9 Å². The van der Waals surface area contributed by atoms with Crippen molar-refractivity contribution in [1.29, 1.82) is 0 Å². The predicted octanol–water partition coefficient (Wildman–Crippen LogP) is 9.92. The van der Waals surface area contributed by atoms with Gasteiger partial charge in [0.15, 0.2) is 17.4 Å². The largest absolute Gasteiger partial charge is 0.505 e. The maximum atomic E-state index is 15.5. The van der Waals surface area contributed by atoms with Gasteiger partial charge in [-0.05, 0) is 97.1 Å². The van der Waals surface area contributed by atoms with Gasteiger partial charge in [0.05, 0.1) is 50.8 Å². The summed E-state index contributed by atoms with van der Waals surface area (Å²) >= 11 is 12.6. The molecule has 0 spiro atoms. The fourth-order valence-electron chi connectivity index (χ4n) is 9.75. The number of carbonyl (C=O) groups is 4. The van der Waals surface area contributed by atoms with Gasteiger partial charge < -0.3 is 10.0 Å². The molecule has 3 fully saturated rings. The highest BCUT2D eigenvalue weighted by molar-refractivity contribution is 6.33. The molecule has 6 atom stereocenters. The van der Waals surface area contributed by atoms with Crippen molar-refractivity contribution in [3.8, 4) is 5.75 Å². The number of fused-ring (bicyclic) bond motifs is 4. The number of carbonyl (C=O) groups excluding carboxylic acids is 4. The number of alkyl halides is 3. The lowest BCUT2D eigenvalue weighted by Gasteiger charge is -2.50. The second kappa shape index (κ2) is 15.9. The maximum Gasteiger partial charge on any atom is 0.417 e. The SMILES string of the molecule is CN(C)c1ccc(N=Nc2ccc(N3C(=O)C4CC=C5C(CC6C(=O)N(Nc7ncc(C(F)(F)F)cc7Cl)C(=O)C6(c6ccc(Cl)cc6)C5c5cccc(F)c5O)C4C3=O)cc2)cc1. The van der Waals surface area contributed by atoms with Gasteiger partial charge >= 0.3 is 6.18 Å². The highest BCUT2D eigenvalue weighted by atomic mass is 35.5. The second-order valence-corrected chi connectivity index (χ2v) is 17.1. The zero-order chi connectivity index (χ0) is 45.4. The average Bonchev–Trinajstić information content (AvgIpc) is 3.65. The minimum absolute atomic E-state index is 0.0274. The van der Waals surface area contributed by atoms with Crippen molar-refractivity contribution < 1.29 is 41.8 Å². The van der Waals surface area contributed by atoms with Crippen molar-refractivity contribution in [3.05, 3.63) is 147 Å². The molecule has 6 unspecified atom stereocenters. The Labute approximate surface area is 372 Å². The molecule has 12 nitrogen and oxygen atoms in total. The Morgan fingerprint density at radius 3 is 2.14 bits per heavy atom. The average molecular weight is 913 g/mol. The molecule has 1 aromatic heterocycles. The number of phenolic OH excluding ortho intramolecular Hbond substituents is 1. The number of rotatable bonds is 8. The summed E-state index contributed by atoms with van der Waals surface area (Å²) in [6, 6.07) is 24.2. The Balaban J connectivity index is 1.11. The summed E-state index contributed by atoms with van der Waals surface area (Å²) in [6.45, 7) is 0. The quantitative estimate of drug-likeness (QED) is 0.0677. The van der Waals surface area contributed by atoms with Crippen LogP contribution in [0.4, 0.5) is 46.1 Å². The fourth-order valence-corrected chi connectivity index (χ4v) is 10.1. The number of allylic oxidation sites excluding steroid dienone is 2. The summed E-state index contributed by atoms with van der Waals surface area (Å²) in [5.74, 6) is -10.6. The summed E-state index contributed by atoms with van der Waals surface area (Å²) < 4.78 is 56.1. The lowest BCUT2D eigenvalue weighted by Crippen LogP contribution is -2.53. The number of amides is 4. The molecule has 4 amide bonds. The van der Waals surface area contributed by atoms with E-state index in [0.717, 1.165) is 16.7 Å². The molecular formula is C46H35Cl2F4N7O5. The lowest BCUT2D eigenvalue weighted by molar-refractivity contribution is -0.139. The van der Waals surface area contributed by atoms with Crippen molar-refractivity contribution in [2.75, 3.05) is 29.3 Å². The molecule has 2 aliphatic carbocycles. The predicted molar refractivity (Wildman–Crippen MR) is 229 cm³/mol. The van der Waals surface area contributed by atoms with E-state index in [1.54, 1.807) is 30.3 Å². The molecule has 2 saturated heterocycles. The number of anilines is 3. The Morgan fingerprint density at radius 2 is 1.52 bits per heavy atom. The van der Waals surface area contributed by atoms with E-state index in [2.05, 4.69) is 20.6 Å². The molecule has 18 heteroatoms. The number of benzene rings is 4. The minimum atomic E-state index is -4.80. The topological polar surface area (TPSA) is 148 Å². The van der Waals surface area contributed by atoms with E-state index in [1.807, 2.05) is 43.3 Å². The van der Waals surface area contributed by atoms with Gasteiger partial charge in [0.1, 0.15) is 0 Å². The van der Waals surface area contributed by atoms with Crippen LogP contribution in [0.5, 0.6) is 5.75 Å². The highest BCUT2D eigenvalue weighted by Crippen LogP contribution is 2.65. The van der Waals surface area contributed by atoms with E-state index >= 15 is 9.18 Å². The Hall–Kier alpha value is -6.65. The monoisotopic (exact) mass is 911 g/mol. The smallest absolute Gasteiger partial charge is 0.417 e. The number of nitrogens with one attached hydrogen (secondary N) is 1. The number of aromatic hydroxyl groups is 1. The van der Waals surface area contributed by atoms with E-state index in [1.165, 1.54) is 36.4 Å². The number of phenols is 1. The van der Waals surface area contributed by atoms with E-state index in [-0.39, 0.29) is 34.7 Å². The van der Waals surface area contributed by atoms with Crippen molar-refractivity contribution in [1.82, 2.24) is 9.99 Å². The van der Waals surface area contributed by atoms with Crippen LogP contribution in [0.3, 0.4) is 0 Å². The molecule has 5 aromatic rings. The molecule has 2 aliphatic heterocycles. The van der Waals surface area contributed by atoms with Crippen molar-refractivity contribution in [3.63, 3.8) is 0 Å². The van der Waals surface area contributed by atoms with Crippen LogP contribution in [0.15, 0.2) is 125 Å². The Kier molecular flexibility index (Phi) is 10.6. The standard InChI is InChI=1S/C46H35Cl2F4N7O5/c1-57(2)28-14-10-26(11-15-28)54-55-27-12-16-29(17-13-27)58-41(61)31-19-18-30-33(37(31)43(58)63)21-34-42(62)59(56-40-35(48)20-24(22-53-40)46(50,51)52)44(64)45(34,23-6-8-25(47)9-7-23)38(30)32-4-3-5-36(49)39(32)60/h3-18,20,22,31,33-34,37-38,60H,19,21H2,1-2H3,(H,53,56). The number of imide groups is 2. The van der Waals surface area contributed by atoms with Crippen LogP contribution in [0.2, 0.25) is 10.0 Å².